The minimum atomic E-state index is -0.319. The average Bonchev–Trinajstić information content (AvgIpc) is 3.49. The highest BCUT2D eigenvalue weighted by atomic mass is 32.1. The molecular formula is C35H37N5O4S. The summed E-state index contributed by atoms with van der Waals surface area (Å²) in [5.74, 6) is -0.418. The molecule has 1 saturated heterocycles. The Balaban J connectivity index is 1.28. The number of pyridine rings is 1. The van der Waals surface area contributed by atoms with E-state index in [9.17, 15) is 14.4 Å². The Kier molecular flexibility index (Phi) is 8.86. The number of ether oxygens (including phenoxy) is 1. The van der Waals surface area contributed by atoms with Crippen molar-refractivity contribution in [1.82, 2.24) is 4.57 Å². The van der Waals surface area contributed by atoms with Crippen LogP contribution < -0.4 is 26.4 Å². The monoisotopic (exact) mass is 623 g/mol. The van der Waals surface area contributed by atoms with Gasteiger partial charge in [-0.05, 0) is 91.8 Å². The van der Waals surface area contributed by atoms with Gasteiger partial charge in [-0.2, -0.15) is 0 Å². The molecular weight excluding hydrogens is 586 g/mol. The number of nitrogens with zero attached hydrogens (tertiary/aromatic N) is 2. The first-order chi connectivity index (χ1) is 21.8. The number of hydrogen-bond donors (Lipinski definition) is 3. The van der Waals surface area contributed by atoms with Gasteiger partial charge in [0.2, 0.25) is 5.91 Å². The molecule has 9 nitrogen and oxygen atoms in total. The predicted octanol–water partition coefficient (Wildman–Crippen LogP) is 6.26. The number of aromatic nitrogens is 1. The molecule has 0 radical (unpaired) electrons. The lowest BCUT2D eigenvalue weighted by molar-refractivity contribution is -0.111. The summed E-state index contributed by atoms with van der Waals surface area (Å²) in [5.41, 5.74) is 6.99. The van der Waals surface area contributed by atoms with Crippen LogP contribution >= 0.6 is 11.3 Å². The fourth-order valence-corrected chi connectivity index (χ4v) is 7.10. The molecule has 10 heteroatoms. The highest BCUT2D eigenvalue weighted by Gasteiger charge is 2.20. The molecule has 1 aliphatic carbocycles. The molecule has 232 valence electrons. The van der Waals surface area contributed by atoms with Crippen LogP contribution in [0.25, 0.3) is 11.1 Å². The number of nitrogens with one attached hydrogen (secondary N) is 3. The molecule has 3 heterocycles. The second-order valence-electron chi connectivity index (χ2n) is 11.4. The van der Waals surface area contributed by atoms with E-state index in [1.54, 1.807) is 29.1 Å². The van der Waals surface area contributed by atoms with Crippen molar-refractivity contribution in [3.63, 3.8) is 0 Å². The topological polar surface area (TPSA) is 105 Å². The Morgan fingerprint density at radius 2 is 1.78 bits per heavy atom. The van der Waals surface area contributed by atoms with Gasteiger partial charge < -0.3 is 30.2 Å². The molecule has 6 rings (SSSR count). The highest BCUT2D eigenvalue weighted by molar-refractivity contribution is 7.14. The molecule has 2 amide bonds. The Bertz CT molecular complexity index is 1810. The van der Waals surface area contributed by atoms with Crippen LogP contribution in [0.4, 0.5) is 28.4 Å². The zero-order valence-electron chi connectivity index (χ0n) is 25.6. The molecule has 45 heavy (non-hydrogen) atoms. The number of aryl methyl sites for hydroxylation is 3. The zero-order chi connectivity index (χ0) is 31.5. The standard InChI is InChI=1S/C35H37N5O4S/c1-4-33(41)37-28-20-25(12-13-30(28)40-14-16-44-17-15-40)36-29-18-24(21-39(3)35(29)43)26-9-7-10-27(22(26)2)38-34(42)32-19-23-8-5-6-11-31(23)45-32/h4,7,9-10,12-13,18-21,36H,1,5-6,8,11,14-17H2,2-3H3,(H,37,41)(H,38,42). The van der Waals surface area contributed by atoms with Crippen LogP contribution in [-0.4, -0.2) is 42.7 Å². The summed E-state index contributed by atoms with van der Waals surface area (Å²) in [7, 11) is 1.72. The number of hydrogen-bond acceptors (Lipinski definition) is 7. The van der Waals surface area contributed by atoms with Crippen molar-refractivity contribution in [2.75, 3.05) is 47.2 Å². The summed E-state index contributed by atoms with van der Waals surface area (Å²) >= 11 is 1.60. The van der Waals surface area contributed by atoms with Crippen molar-refractivity contribution in [1.29, 1.82) is 0 Å². The molecule has 2 aliphatic rings. The minimum absolute atomic E-state index is 0.0997. The molecule has 2 aromatic carbocycles. The number of amides is 2. The van der Waals surface area contributed by atoms with E-state index in [1.165, 1.54) is 29.4 Å². The molecule has 3 N–H and O–H groups in total. The molecule has 4 aromatic rings. The van der Waals surface area contributed by atoms with E-state index < -0.39 is 0 Å². The fraction of sp³-hybridized carbons (Fsp3) is 0.286. The van der Waals surface area contributed by atoms with Gasteiger partial charge in [0.25, 0.3) is 11.5 Å². The normalized spacial score (nSPS) is 14.4. The van der Waals surface area contributed by atoms with Crippen molar-refractivity contribution in [3.8, 4) is 11.1 Å². The maximum Gasteiger partial charge on any atom is 0.274 e. The first-order valence-electron chi connectivity index (χ1n) is 15.2. The minimum Gasteiger partial charge on any atom is -0.378 e. The van der Waals surface area contributed by atoms with E-state index in [4.69, 9.17) is 4.74 Å². The first kappa shape index (κ1) is 30.4. The second-order valence-corrected chi connectivity index (χ2v) is 12.5. The van der Waals surface area contributed by atoms with Crippen molar-refractivity contribution >= 4 is 51.6 Å². The van der Waals surface area contributed by atoms with Crippen LogP contribution in [0.3, 0.4) is 0 Å². The van der Waals surface area contributed by atoms with E-state index in [0.717, 1.165) is 45.8 Å². The molecule has 0 atom stereocenters. The van der Waals surface area contributed by atoms with E-state index >= 15 is 0 Å². The average molecular weight is 624 g/mol. The summed E-state index contributed by atoms with van der Waals surface area (Å²) in [5, 5.41) is 9.30. The largest absolute Gasteiger partial charge is 0.378 e. The zero-order valence-corrected chi connectivity index (χ0v) is 26.4. The van der Waals surface area contributed by atoms with Crippen molar-refractivity contribution in [3.05, 3.63) is 98.6 Å². The van der Waals surface area contributed by atoms with Gasteiger partial charge in [-0.1, -0.05) is 18.7 Å². The summed E-state index contributed by atoms with van der Waals surface area (Å²) in [6, 6.07) is 15.3. The summed E-state index contributed by atoms with van der Waals surface area (Å²) in [6.07, 6.45) is 7.47. The van der Waals surface area contributed by atoms with E-state index in [1.807, 2.05) is 55.5 Å². The maximum atomic E-state index is 13.3. The smallest absolute Gasteiger partial charge is 0.274 e. The van der Waals surface area contributed by atoms with Gasteiger partial charge in [0.15, 0.2) is 0 Å². The number of benzene rings is 2. The number of fused-ring (bicyclic) bond motifs is 1. The van der Waals surface area contributed by atoms with Gasteiger partial charge in [0.1, 0.15) is 5.69 Å². The van der Waals surface area contributed by atoms with Crippen molar-refractivity contribution < 1.29 is 14.3 Å². The van der Waals surface area contributed by atoms with Crippen LogP contribution in [0, 0.1) is 6.92 Å². The fourth-order valence-electron chi connectivity index (χ4n) is 5.95. The van der Waals surface area contributed by atoms with E-state index in [-0.39, 0.29) is 17.4 Å². The molecule has 1 fully saturated rings. The molecule has 2 aromatic heterocycles. The van der Waals surface area contributed by atoms with Gasteiger partial charge in [0, 0.05) is 48.1 Å². The van der Waals surface area contributed by atoms with Crippen LogP contribution in [0.15, 0.2) is 72.2 Å². The third-order valence-corrected chi connectivity index (χ3v) is 9.60. The van der Waals surface area contributed by atoms with Gasteiger partial charge in [-0.25, -0.2) is 0 Å². The summed E-state index contributed by atoms with van der Waals surface area (Å²) in [4.78, 5) is 43.0. The van der Waals surface area contributed by atoms with Crippen molar-refractivity contribution in [2.24, 2.45) is 7.05 Å². The number of rotatable bonds is 8. The van der Waals surface area contributed by atoms with Gasteiger partial charge >= 0.3 is 0 Å². The van der Waals surface area contributed by atoms with Gasteiger partial charge in [-0.3, -0.25) is 14.4 Å². The SMILES string of the molecule is C=CC(=O)Nc1cc(Nc2cc(-c3cccc(NC(=O)c4cc5c(s4)CCCC5)c3C)cn(C)c2=O)ccc1N1CCOCC1. The lowest BCUT2D eigenvalue weighted by Crippen LogP contribution is -2.36. The number of anilines is 5. The summed E-state index contributed by atoms with van der Waals surface area (Å²) in [6.45, 7) is 8.19. The number of morpholine rings is 1. The van der Waals surface area contributed by atoms with Crippen molar-refractivity contribution in [2.45, 2.75) is 32.6 Å². The third kappa shape index (κ3) is 6.57. The quantitative estimate of drug-likeness (QED) is 0.200. The molecule has 0 bridgehead atoms. The Labute approximate surface area is 266 Å². The lowest BCUT2D eigenvalue weighted by Gasteiger charge is -2.30. The van der Waals surface area contributed by atoms with Crippen LogP contribution in [0.2, 0.25) is 0 Å². The van der Waals surface area contributed by atoms with Crippen LogP contribution in [0.5, 0.6) is 0 Å². The third-order valence-electron chi connectivity index (χ3n) is 8.37. The van der Waals surface area contributed by atoms with Gasteiger partial charge in [0.05, 0.1) is 29.5 Å². The van der Waals surface area contributed by atoms with Crippen LogP contribution in [0.1, 0.15) is 38.5 Å². The number of thiophene rings is 1. The maximum absolute atomic E-state index is 13.3. The number of carbonyl (C=O) groups is 2. The van der Waals surface area contributed by atoms with Crippen LogP contribution in [-0.2, 0) is 29.4 Å². The first-order valence-corrected chi connectivity index (χ1v) is 16.0. The number of carbonyl (C=O) groups excluding carboxylic acids is 2. The van der Waals surface area contributed by atoms with Gasteiger partial charge in [-0.15, -0.1) is 11.3 Å². The molecule has 1 aliphatic heterocycles. The highest BCUT2D eigenvalue weighted by Crippen LogP contribution is 2.34. The summed E-state index contributed by atoms with van der Waals surface area (Å²) < 4.78 is 7.04. The Hall–Kier alpha value is -4.67. The van der Waals surface area contributed by atoms with E-state index in [2.05, 4.69) is 27.4 Å². The predicted molar refractivity (Wildman–Crippen MR) is 182 cm³/mol. The lowest BCUT2D eigenvalue weighted by atomic mass is 9.99. The Morgan fingerprint density at radius 3 is 2.56 bits per heavy atom. The second kappa shape index (κ2) is 13.1. The molecule has 0 spiro atoms. The van der Waals surface area contributed by atoms with E-state index in [0.29, 0.717) is 43.4 Å². The molecule has 0 unspecified atom stereocenters. The molecule has 0 saturated carbocycles. The Morgan fingerprint density at radius 1 is 0.978 bits per heavy atom.